The van der Waals surface area contributed by atoms with E-state index in [4.69, 9.17) is 10.3 Å². The van der Waals surface area contributed by atoms with Gasteiger partial charge in [-0.15, -0.1) is 0 Å². The van der Waals surface area contributed by atoms with Crippen molar-refractivity contribution in [3.8, 4) is 0 Å². The zero-order valence-corrected chi connectivity index (χ0v) is 12.2. The molecular weight excluding hydrogens is 264 g/mol. The van der Waals surface area contributed by atoms with Gasteiger partial charge in [-0.25, -0.2) is 0 Å². The molecule has 1 unspecified atom stereocenters. The van der Waals surface area contributed by atoms with E-state index >= 15 is 0 Å². The van der Waals surface area contributed by atoms with Gasteiger partial charge in [0.25, 0.3) is 0 Å². The van der Waals surface area contributed by atoms with Crippen LogP contribution in [0.4, 0.5) is 5.69 Å². The Balaban J connectivity index is 1.62. The summed E-state index contributed by atoms with van der Waals surface area (Å²) in [6, 6.07) is 6.13. The van der Waals surface area contributed by atoms with Gasteiger partial charge in [0.1, 0.15) is 0 Å². The molecule has 5 nitrogen and oxygen atoms in total. The maximum absolute atomic E-state index is 6.32. The first-order valence-electron chi connectivity index (χ1n) is 7.65. The number of anilines is 1. The lowest BCUT2D eigenvalue weighted by Crippen LogP contribution is -2.25. The molecule has 1 fully saturated rings. The summed E-state index contributed by atoms with van der Waals surface area (Å²) in [5, 5.41) is 4.06. The van der Waals surface area contributed by atoms with Gasteiger partial charge in [0.15, 0.2) is 5.82 Å². The van der Waals surface area contributed by atoms with Gasteiger partial charge in [-0.1, -0.05) is 17.3 Å². The van der Waals surface area contributed by atoms with Crippen LogP contribution in [0.25, 0.3) is 0 Å². The highest BCUT2D eigenvalue weighted by Crippen LogP contribution is 2.39. The van der Waals surface area contributed by atoms with E-state index in [1.54, 1.807) is 0 Å². The van der Waals surface area contributed by atoms with Gasteiger partial charge in [0.2, 0.25) is 5.89 Å². The fraction of sp³-hybridized carbons (Fsp3) is 0.500. The SMILES string of the molecule is CN1CCCc2cc(C(N)c3noc(C4CC4)n3)ccc21. The van der Waals surface area contributed by atoms with Crippen molar-refractivity contribution in [2.24, 2.45) is 5.73 Å². The average molecular weight is 284 g/mol. The van der Waals surface area contributed by atoms with Crippen LogP contribution < -0.4 is 10.6 Å². The van der Waals surface area contributed by atoms with E-state index < -0.39 is 0 Å². The largest absolute Gasteiger partial charge is 0.374 e. The Hall–Kier alpha value is -1.88. The Morgan fingerprint density at radius 2 is 2.24 bits per heavy atom. The summed E-state index contributed by atoms with van der Waals surface area (Å²) in [7, 11) is 2.14. The Morgan fingerprint density at radius 3 is 3.05 bits per heavy atom. The number of aromatic nitrogens is 2. The van der Waals surface area contributed by atoms with Crippen molar-refractivity contribution in [2.75, 3.05) is 18.5 Å². The van der Waals surface area contributed by atoms with Crippen LogP contribution in [-0.2, 0) is 6.42 Å². The van der Waals surface area contributed by atoms with Crippen molar-refractivity contribution < 1.29 is 4.52 Å². The van der Waals surface area contributed by atoms with Gasteiger partial charge in [-0.2, -0.15) is 4.98 Å². The van der Waals surface area contributed by atoms with Crippen LogP contribution in [-0.4, -0.2) is 23.7 Å². The second-order valence-corrected chi connectivity index (χ2v) is 6.16. The van der Waals surface area contributed by atoms with Gasteiger partial charge in [0.05, 0.1) is 6.04 Å². The summed E-state index contributed by atoms with van der Waals surface area (Å²) in [4.78, 5) is 6.76. The van der Waals surface area contributed by atoms with E-state index in [0.717, 1.165) is 37.3 Å². The van der Waals surface area contributed by atoms with Gasteiger partial charge in [-0.3, -0.25) is 0 Å². The Labute approximate surface area is 124 Å². The number of hydrogen-bond donors (Lipinski definition) is 1. The molecule has 5 heteroatoms. The Bertz CT molecular complexity index is 662. The minimum atomic E-state index is -0.307. The van der Waals surface area contributed by atoms with Crippen molar-refractivity contribution in [2.45, 2.75) is 37.6 Å². The zero-order chi connectivity index (χ0) is 14.4. The molecule has 2 heterocycles. The second-order valence-electron chi connectivity index (χ2n) is 6.16. The Morgan fingerprint density at radius 1 is 1.38 bits per heavy atom. The molecule has 1 atom stereocenters. The average Bonchev–Trinajstić information content (AvgIpc) is 3.24. The molecular formula is C16H20N4O. The molecule has 0 spiro atoms. The number of rotatable bonds is 3. The standard InChI is InChI=1S/C16H20N4O/c1-20-8-2-3-11-9-12(6-7-13(11)20)14(17)15-18-16(21-19-15)10-4-5-10/h6-7,9-10,14H,2-5,8,17H2,1H3. The molecule has 0 saturated heterocycles. The highest BCUT2D eigenvalue weighted by atomic mass is 16.5. The predicted octanol–water partition coefficient (Wildman–Crippen LogP) is 2.38. The topological polar surface area (TPSA) is 68.2 Å². The van der Waals surface area contributed by atoms with Crippen molar-refractivity contribution in [1.82, 2.24) is 10.1 Å². The van der Waals surface area contributed by atoms with E-state index in [2.05, 4.69) is 40.3 Å². The molecule has 2 aliphatic rings. The fourth-order valence-electron chi connectivity index (χ4n) is 3.02. The highest BCUT2D eigenvalue weighted by Gasteiger charge is 2.30. The molecule has 1 aromatic carbocycles. The lowest BCUT2D eigenvalue weighted by molar-refractivity contribution is 0.372. The van der Waals surface area contributed by atoms with E-state index in [1.807, 2.05) is 0 Å². The summed E-state index contributed by atoms with van der Waals surface area (Å²) >= 11 is 0. The normalized spacial score (nSPS) is 19.4. The van der Waals surface area contributed by atoms with Gasteiger partial charge >= 0.3 is 0 Å². The predicted molar refractivity (Wildman–Crippen MR) is 80.3 cm³/mol. The lowest BCUT2D eigenvalue weighted by Gasteiger charge is -2.28. The number of nitrogens with zero attached hydrogens (tertiary/aromatic N) is 3. The molecule has 1 saturated carbocycles. The number of hydrogen-bond acceptors (Lipinski definition) is 5. The van der Waals surface area contributed by atoms with Crippen LogP contribution in [0, 0.1) is 0 Å². The maximum Gasteiger partial charge on any atom is 0.229 e. The fourth-order valence-corrected chi connectivity index (χ4v) is 3.02. The number of nitrogens with two attached hydrogens (primary N) is 1. The molecule has 110 valence electrons. The summed E-state index contributed by atoms with van der Waals surface area (Å²) in [6.07, 6.45) is 4.61. The van der Waals surface area contributed by atoms with Crippen LogP contribution in [0.2, 0.25) is 0 Å². The van der Waals surface area contributed by atoms with Gasteiger partial charge < -0.3 is 15.2 Å². The summed E-state index contributed by atoms with van der Waals surface area (Å²) in [5.41, 5.74) is 10.1. The van der Waals surface area contributed by atoms with Crippen LogP contribution in [0.3, 0.4) is 0 Å². The van der Waals surface area contributed by atoms with Crippen LogP contribution >= 0.6 is 0 Å². The van der Waals surface area contributed by atoms with Gasteiger partial charge in [-0.05, 0) is 42.9 Å². The second kappa shape index (κ2) is 4.84. The molecule has 1 aliphatic heterocycles. The number of benzene rings is 1. The van der Waals surface area contributed by atoms with E-state index in [1.165, 1.54) is 17.7 Å². The molecule has 2 N–H and O–H groups in total. The third kappa shape index (κ3) is 2.31. The minimum absolute atomic E-state index is 0.307. The molecule has 1 aliphatic carbocycles. The van der Waals surface area contributed by atoms with Crippen LogP contribution in [0.1, 0.15) is 54.1 Å². The zero-order valence-electron chi connectivity index (χ0n) is 12.2. The molecule has 21 heavy (non-hydrogen) atoms. The van der Waals surface area contributed by atoms with E-state index in [0.29, 0.717) is 11.7 Å². The lowest BCUT2D eigenvalue weighted by atomic mass is 9.97. The highest BCUT2D eigenvalue weighted by molar-refractivity contribution is 5.56. The summed E-state index contributed by atoms with van der Waals surface area (Å²) in [6.45, 7) is 1.12. The first-order valence-corrected chi connectivity index (χ1v) is 7.65. The smallest absolute Gasteiger partial charge is 0.229 e. The first-order chi connectivity index (χ1) is 10.2. The van der Waals surface area contributed by atoms with Crippen LogP contribution in [0.15, 0.2) is 22.7 Å². The monoisotopic (exact) mass is 284 g/mol. The maximum atomic E-state index is 6.32. The van der Waals surface area contributed by atoms with Crippen molar-refractivity contribution >= 4 is 5.69 Å². The number of fused-ring (bicyclic) bond motifs is 1. The summed E-state index contributed by atoms with van der Waals surface area (Å²) in [5.74, 6) is 1.81. The molecule has 1 aromatic heterocycles. The first kappa shape index (κ1) is 12.8. The molecule has 0 radical (unpaired) electrons. The third-order valence-corrected chi connectivity index (χ3v) is 4.48. The van der Waals surface area contributed by atoms with E-state index in [-0.39, 0.29) is 6.04 Å². The molecule has 0 amide bonds. The number of aryl methyl sites for hydroxylation is 1. The van der Waals surface area contributed by atoms with Gasteiger partial charge in [0, 0.05) is 25.2 Å². The quantitative estimate of drug-likeness (QED) is 0.937. The Kier molecular flexibility index (Phi) is 2.96. The van der Waals surface area contributed by atoms with Crippen molar-refractivity contribution in [3.63, 3.8) is 0 Å². The summed E-state index contributed by atoms with van der Waals surface area (Å²) < 4.78 is 5.31. The molecule has 2 aromatic rings. The van der Waals surface area contributed by atoms with Crippen molar-refractivity contribution in [3.05, 3.63) is 41.0 Å². The van der Waals surface area contributed by atoms with Crippen molar-refractivity contribution in [1.29, 1.82) is 0 Å². The molecule has 0 bridgehead atoms. The minimum Gasteiger partial charge on any atom is -0.374 e. The van der Waals surface area contributed by atoms with Crippen LogP contribution in [0.5, 0.6) is 0 Å². The third-order valence-electron chi connectivity index (χ3n) is 4.48. The molecule has 4 rings (SSSR count). The van der Waals surface area contributed by atoms with E-state index in [9.17, 15) is 0 Å².